The standard InChI is InChI=1S/C10H23N3/c1-2-6-10(9-11)12-13-7-4-3-5-8-13/h10,12H,2-9,11H2,1H3. The van der Waals surface area contributed by atoms with Crippen LogP contribution in [0.3, 0.4) is 0 Å². The first-order valence-corrected chi connectivity index (χ1v) is 5.58. The molecule has 13 heavy (non-hydrogen) atoms. The lowest BCUT2D eigenvalue weighted by atomic mass is 10.1. The zero-order valence-corrected chi connectivity index (χ0v) is 8.76. The minimum absolute atomic E-state index is 0.489. The van der Waals surface area contributed by atoms with Gasteiger partial charge in [0.2, 0.25) is 0 Å². The Kier molecular flexibility index (Phi) is 5.35. The first-order valence-electron chi connectivity index (χ1n) is 5.58. The SMILES string of the molecule is CCCC(CN)NN1CCCCC1. The molecule has 1 fully saturated rings. The molecule has 3 heteroatoms. The van der Waals surface area contributed by atoms with Gasteiger partial charge in [-0.25, -0.2) is 5.01 Å². The lowest BCUT2D eigenvalue weighted by molar-refractivity contribution is 0.127. The average molecular weight is 185 g/mol. The molecule has 78 valence electrons. The van der Waals surface area contributed by atoms with Crippen LogP contribution in [0.2, 0.25) is 0 Å². The van der Waals surface area contributed by atoms with Crippen molar-refractivity contribution < 1.29 is 0 Å². The zero-order valence-electron chi connectivity index (χ0n) is 8.76. The van der Waals surface area contributed by atoms with E-state index in [0.29, 0.717) is 6.04 Å². The van der Waals surface area contributed by atoms with Crippen LogP contribution in [0, 0.1) is 0 Å². The monoisotopic (exact) mass is 185 g/mol. The van der Waals surface area contributed by atoms with E-state index in [0.717, 1.165) is 6.54 Å². The Morgan fingerprint density at radius 2 is 2.00 bits per heavy atom. The molecule has 0 radical (unpaired) electrons. The third-order valence-corrected chi connectivity index (χ3v) is 2.64. The number of hydrazine groups is 1. The van der Waals surface area contributed by atoms with Crippen molar-refractivity contribution in [3.8, 4) is 0 Å². The smallest absolute Gasteiger partial charge is 0.0337 e. The molecule has 1 unspecified atom stereocenters. The van der Waals surface area contributed by atoms with Gasteiger partial charge in [0.05, 0.1) is 0 Å². The van der Waals surface area contributed by atoms with Crippen LogP contribution in [-0.4, -0.2) is 30.7 Å². The molecule has 1 heterocycles. The molecule has 3 N–H and O–H groups in total. The van der Waals surface area contributed by atoms with E-state index in [1.54, 1.807) is 0 Å². The quantitative estimate of drug-likeness (QED) is 0.674. The van der Waals surface area contributed by atoms with Gasteiger partial charge in [0.25, 0.3) is 0 Å². The van der Waals surface area contributed by atoms with Crippen LogP contribution in [-0.2, 0) is 0 Å². The fraction of sp³-hybridized carbons (Fsp3) is 1.00. The normalized spacial score (nSPS) is 21.7. The molecule has 1 rings (SSSR count). The molecule has 1 atom stereocenters. The van der Waals surface area contributed by atoms with Gasteiger partial charge in [-0.1, -0.05) is 19.8 Å². The minimum Gasteiger partial charge on any atom is -0.329 e. The Morgan fingerprint density at radius 1 is 1.31 bits per heavy atom. The number of rotatable bonds is 5. The zero-order chi connectivity index (χ0) is 9.52. The topological polar surface area (TPSA) is 41.3 Å². The molecular weight excluding hydrogens is 162 g/mol. The van der Waals surface area contributed by atoms with Crippen molar-refractivity contribution in [1.82, 2.24) is 10.4 Å². The van der Waals surface area contributed by atoms with E-state index in [4.69, 9.17) is 5.73 Å². The Balaban J connectivity index is 2.18. The Labute approximate surface area is 81.6 Å². The van der Waals surface area contributed by atoms with Crippen LogP contribution >= 0.6 is 0 Å². The molecule has 1 aliphatic heterocycles. The van der Waals surface area contributed by atoms with Crippen LogP contribution in [0.1, 0.15) is 39.0 Å². The predicted molar refractivity (Wildman–Crippen MR) is 56.3 cm³/mol. The molecule has 3 nitrogen and oxygen atoms in total. The maximum Gasteiger partial charge on any atom is 0.0337 e. The van der Waals surface area contributed by atoms with Gasteiger partial charge in [-0.05, 0) is 19.3 Å². The maximum absolute atomic E-state index is 5.69. The third-order valence-electron chi connectivity index (χ3n) is 2.64. The molecule has 0 aromatic heterocycles. The Hall–Kier alpha value is -0.120. The number of nitrogens with zero attached hydrogens (tertiary/aromatic N) is 1. The summed E-state index contributed by atoms with van der Waals surface area (Å²) in [5, 5.41) is 2.34. The summed E-state index contributed by atoms with van der Waals surface area (Å²) in [6.07, 6.45) is 6.45. The van der Waals surface area contributed by atoms with E-state index < -0.39 is 0 Å². The van der Waals surface area contributed by atoms with E-state index in [2.05, 4.69) is 17.4 Å². The molecule has 0 saturated carbocycles. The summed E-state index contributed by atoms with van der Waals surface area (Å²) in [4.78, 5) is 0. The summed E-state index contributed by atoms with van der Waals surface area (Å²) >= 11 is 0. The van der Waals surface area contributed by atoms with Gasteiger partial charge >= 0.3 is 0 Å². The summed E-state index contributed by atoms with van der Waals surface area (Å²) in [5.74, 6) is 0. The van der Waals surface area contributed by atoms with E-state index in [1.165, 1.54) is 45.2 Å². The fourth-order valence-electron chi connectivity index (χ4n) is 1.86. The maximum atomic E-state index is 5.69. The number of hydrogen-bond donors (Lipinski definition) is 2. The lowest BCUT2D eigenvalue weighted by Gasteiger charge is -2.31. The van der Waals surface area contributed by atoms with Crippen molar-refractivity contribution in [3.05, 3.63) is 0 Å². The first kappa shape index (κ1) is 11.0. The molecule has 0 aliphatic carbocycles. The van der Waals surface area contributed by atoms with E-state index in [1.807, 2.05) is 0 Å². The van der Waals surface area contributed by atoms with Crippen LogP contribution < -0.4 is 11.2 Å². The van der Waals surface area contributed by atoms with Gasteiger partial charge in [0.15, 0.2) is 0 Å². The van der Waals surface area contributed by atoms with Crippen LogP contribution in [0.5, 0.6) is 0 Å². The van der Waals surface area contributed by atoms with Crippen molar-refractivity contribution in [2.45, 2.75) is 45.1 Å². The van der Waals surface area contributed by atoms with Gasteiger partial charge in [-0.2, -0.15) is 0 Å². The summed E-state index contributed by atoms with van der Waals surface area (Å²) in [6, 6.07) is 0.489. The highest BCUT2D eigenvalue weighted by Crippen LogP contribution is 2.07. The van der Waals surface area contributed by atoms with Crippen LogP contribution in [0.25, 0.3) is 0 Å². The summed E-state index contributed by atoms with van der Waals surface area (Å²) < 4.78 is 0. The second-order valence-electron chi connectivity index (χ2n) is 3.90. The molecule has 0 bridgehead atoms. The Bertz CT molecular complexity index is 119. The predicted octanol–water partition coefficient (Wildman–Crippen LogP) is 1.10. The fourth-order valence-corrected chi connectivity index (χ4v) is 1.86. The van der Waals surface area contributed by atoms with Crippen molar-refractivity contribution in [1.29, 1.82) is 0 Å². The third kappa shape index (κ3) is 4.07. The molecule has 1 saturated heterocycles. The molecule has 0 amide bonds. The summed E-state index contributed by atoms with van der Waals surface area (Å²) in [6.45, 7) is 5.35. The number of nitrogens with one attached hydrogen (secondary N) is 1. The minimum atomic E-state index is 0.489. The average Bonchev–Trinajstić information content (AvgIpc) is 2.19. The van der Waals surface area contributed by atoms with Crippen molar-refractivity contribution in [3.63, 3.8) is 0 Å². The largest absolute Gasteiger partial charge is 0.329 e. The highest BCUT2D eigenvalue weighted by molar-refractivity contribution is 4.68. The van der Waals surface area contributed by atoms with Gasteiger partial charge in [-0.3, -0.25) is 5.43 Å². The second-order valence-corrected chi connectivity index (χ2v) is 3.90. The van der Waals surface area contributed by atoms with Gasteiger partial charge in [-0.15, -0.1) is 0 Å². The highest BCUT2D eigenvalue weighted by atomic mass is 15.5. The lowest BCUT2D eigenvalue weighted by Crippen LogP contribution is -2.49. The molecule has 0 aromatic rings. The van der Waals surface area contributed by atoms with E-state index in [-0.39, 0.29) is 0 Å². The summed E-state index contributed by atoms with van der Waals surface area (Å²) in [5.41, 5.74) is 9.20. The van der Waals surface area contributed by atoms with Crippen LogP contribution in [0.4, 0.5) is 0 Å². The van der Waals surface area contributed by atoms with Gasteiger partial charge < -0.3 is 5.73 Å². The van der Waals surface area contributed by atoms with Crippen LogP contribution in [0.15, 0.2) is 0 Å². The summed E-state index contributed by atoms with van der Waals surface area (Å²) in [7, 11) is 0. The molecular formula is C10H23N3. The first-order chi connectivity index (χ1) is 6.36. The van der Waals surface area contributed by atoms with Crippen molar-refractivity contribution in [2.75, 3.05) is 19.6 Å². The van der Waals surface area contributed by atoms with Crippen molar-refractivity contribution in [2.24, 2.45) is 5.73 Å². The van der Waals surface area contributed by atoms with Gasteiger partial charge in [0, 0.05) is 25.7 Å². The molecule has 0 spiro atoms. The number of hydrogen-bond acceptors (Lipinski definition) is 3. The highest BCUT2D eigenvalue weighted by Gasteiger charge is 2.13. The Morgan fingerprint density at radius 3 is 2.54 bits per heavy atom. The van der Waals surface area contributed by atoms with Gasteiger partial charge in [0.1, 0.15) is 0 Å². The number of piperidine rings is 1. The van der Waals surface area contributed by atoms with E-state index >= 15 is 0 Å². The molecule has 1 aliphatic rings. The number of nitrogens with two attached hydrogens (primary N) is 1. The molecule has 0 aromatic carbocycles. The van der Waals surface area contributed by atoms with Crippen molar-refractivity contribution >= 4 is 0 Å². The van der Waals surface area contributed by atoms with E-state index in [9.17, 15) is 0 Å². The second kappa shape index (κ2) is 6.35.